The molecule has 1 aliphatic heterocycles. The van der Waals surface area contributed by atoms with Gasteiger partial charge in [0.1, 0.15) is 5.69 Å². The Kier molecular flexibility index (Phi) is 2.22. The highest BCUT2D eigenvalue weighted by atomic mass is 16.7. The van der Waals surface area contributed by atoms with Crippen molar-refractivity contribution in [2.45, 2.75) is 6.92 Å². The second-order valence-corrected chi connectivity index (χ2v) is 3.93. The van der Waals surface area contributed by atoms with E-state index in [1.54, 1.807) is 0 Å². The summed E-state index contributed by atoms with van der Waals surface area (Å²) in [5, 5.41) is 12.5. The molecule has 1 aliphatic rings. The van der Waals surface area contributed by atoms with Gasteiger partial charge in [-0.05, 0) is 24.6 Å². The second-order valence-electron chi connectivity index (χ2n) is 3.93. The highest BCUT2D eigenvalue weighted by Gasteiger charge is 2.22. The molecule has 2 heterocycles. The van der Waals surface area contributed by atoms with Crippen LogP contribution in [-0.2, 0) is 0 Å². The van der Waals surface area contributed by atoms with Crippen molar-refractivity contribution in [3.05, 3.63) is 29.5 Å². The Morgan fingerprint density at radius 1 is 1.33 bits per heavy atom. The van der Waals surface area contributed by atoms with Gasteiger partial charge in [-0.15, -0.1) is 0 Å². The zero-order valence-corrected chi connectivity index (χ0v) is 9.47. The maximum atomic E-state index is 10.8. The number of benzene rings is 1. The van der Waals surface area contributed by atoms with E-state index >= 15 is 0 Å². The van der Waals surface area contributed by atoms with Crippen LogP contribution in [0.1, 0.15) is 16.1 Å². The lowest BCUT2D eigenvalue weighted by Gasteiger charge is -2.03. The van der Waals surface area contributed by atoms with Crippen molar-refractivity contribution in [1.29, 1.82) is 0 Å². The summed E-state index contributed by atoms with van der Waals surface area (Å²) in [5.41, 5.74) is 2.05. The maximum Gasteiger partial charge on any atom is 0.374 e. The predicted molar refractivity (Wildman–Crippen MR) is 59.8 cm³/mol. The number of nitrogens with zero attached hydrogens (tertiary/aromatic N) is 1. The lowest BCUT2D eigenvalue weighted by Crippen LogP contribution is -1.93. The molecule has 3 rings (SSSR count). The van der Waals surface area contributed by atoms with Gasteiger partial charge in [0.05, 0.1) is 5.56 Å². The number of hydrogen-bond donors (Lipinski definition) is 1. The quantitative estimate of drug-likeness (QED) is 0.874. The Hall–Kier alpha value is -2.50. The third-order valence-electron chi connectivity index (χ3n) is 2.61. The normalized spacial score (nSPS) is 12.7. The van der Waals surface area contributed by atoms with E-state index < -0.39 is 5.97 Å². The van der Waals surface area contributed by atoms with Gasteiger partial charge in [0.2, 0.25) is 12.6 Å². The smallest absolute Gasteiger partial charge is 0.374 e. The third-order valence-corrected chi connectivity index (χ3v) is 2.61. The number of rotatable bonds is 2. The Labute approximate surface area is 102 Å². The number of aryl methyl sites for hydroxylation is 1. The van der Waals surface area contributed by atoms with Gasteiger partial charge in [0.15, 0.2) is 11.5 Å². The molecule has 1 aromatic heterocycles. The minimum atomic E-state index is -1.16. The van der Waals surface area contributed by atoms with Crippen molar-refractivity contribution < 1.29 is 23.9 Å². The number of fused-ring (bicyclic) bond motifs is 1. The lowest BCUT2D eigenvalue weighted by atomic mass is 10.1. The van der Waals surface area contributed by atoms with Gasteiger partial charge in [0.25, 0.3) is 0 Å². The van der Waals surface area contributed by atoms with Crippen LogP contribution in [0.2, 0.25) is 0 Å². The van der Waals surface area contributed by atoms with Crippen LogP contribution in [0.4, 0.5) is 0 Å². The van der Waals surface area contributed by atoms with Crippen molar-refractivity contribution in [2.75, 3.05) is 6.79 Å². The molecule has 0 saturated heterocycles. The second kappa shape index (κ2) is 3.76. The molecule has 0 radical (unpaired) electrons. The number of carboxylic acid groups (broad SMARTS) is 1. The van der Waals surface area contributed by atoms with E-state index in [1.807, 2.05) is 19.1 Å². The summed E-state index contributed by atoms with van der Waals surface area (Å²) < 4.78 is 15.4. The summed E-state index contributed by atoms with van der Waals surface area (Å²) in [5.74, 6) is -0.176. The van der Waals surface area contributed by atoms with Gasteiger partial charge in [0, 0.05) is 6.07 Å². The van der Waals surface area contributed by atoms with E-state index in [0.717, 1.165) is 5.56 Å². The van der Waals surface area contributed by atoms with E-state index in [4.69, 9.17) is 19.1 Å². The number of aromatic carboxylic acids is 1. The molecule has 0 fully saturated rings. The van der Waals surface area contributed by atoms with Gasteiger partial charge in [-0.25, -0.2) is 4.79 Å². The standard InChI is InChI=1S/C12H9NO5/c1-6-2-7(11-9(3-6)16-5-17-11)8-4-10(12(14)15)18-13-8/h2-4H,5H2,1H3,(H,14,15). The highest BCUT2D eigenvalue weighted by Crippen LogP contribution is 2.41. The first-order chi connectivity index (χ1) is 8.65. The number of carboxylic acids is 1. The minimum Gasteiger partial charge on any atom is -0.475 e. The Bertz CT molecular complexity index is 631. The first-order valence-electron chi connectivity index (χ1n) is 5.26. The van der Waals surface area contributed by atoms with Crippen LogP contribution in [0.3, 0.4) is 0 Å². The molecule has 6 heteroatoms. The predicted octanol–water partition coefficient (Wildman–Crippen LogP) is 2.08. The molecule has 0 amide bonds. The molecule has 6 nitrogen and oxygen atoms in total. The van der Waals surface area contributed by atoms with Crippen LogP contribution in [0, 0.1) is 6.92 Å². The average Bonchev–Trinajstić information content (AvgIpc) is 2.95. The Morgan fingerprint density at radius 3 is 2.89 bits per heavy atom. The van der Waals surface area contributed by atoms with Gasteiger partial charge in [-0.3, -0.25) is 0 Å². The molecule has 92 valence electrons. The molecule has 0 saturated carbocycles. The average molecular weight is 247 g/mol. The zero-order chi connectivity index (χ0) is 12.7. The summed E-state index contributed by atoms with van der Waals surface area (Å²) >= 11 is 0. The van der Waals surface area contributed by atoms with Crippen LogP contribution >= 0.6 is 0 Å². The highest BCUT2D eigenvalue weighted by molar-refractivity contribution is 5.86. The minimum absolute atomic E-state index is 0.148. The molecule has 0 spiro atoms. The van der Waals surface area contributed by atoms with Gasteiger partial charge >= 0.3 is 5.97 Å². The number of carbonyl (C=O) groups is 1. The van der Waals surface area contributed by atoms with E-state index in [2.05, 4.69) is 5.16 Å². The van der Waals surface area contributed by atoms with Crippen molar-refractivity contribution >= 4 is 5.97 Å². The molecule has 1 N–H and O–H groups in total. The lowest BCUT2D eigenvalue weighted by molar-refractivity contribution is 0.0652. The fourth-order valence-corrected chi connectivity index (χ4v) is 1.84. The fraction of sp³-hybridized carbons (Fsp3) is 0.167. The van der Waals surface area contributed by atoms with Crippen LogP contribution in [0.25, 0.3) is 11.3 Å². The summed E-state index contributed by atoms with van der Waals surface area (Å²) in [4.78, 5) is 10.8. The maximum absolute atomic E-state index is 10.8. The molecule has 18 heavy (non-hydrogen) atoms. The summed E-state index contributed by atoms with van der Waals surface area (Å²) in [6.45, 7) is 2.05. The molecular weight excluding hydrogens is 238 g/mol. The molecule has 1 aromatic carbocycles. The van der Waals surface area contributed by atoms with Crippen LogP contribution in [0.5, 0.6) is 11.5 Å². The van der Waals surface area contributed by atoms with Crippen molar-refractivity contribution in [1.82, 2.24) is 5.16 Å². The Morgan fingerprint density at radius 2 is 2.17 bits per heavy atom. The van der Waals surface area contributed by atoms with E-state index in [-0.39, 0.29) is 12.6 Å². The van der Waals surface area contributed by atoms with Crippen LogP contribution < -0.4 is 9.47 Å². The molecule has 0 unspecified atom stereocenters. The van der Waals surface area contributed by atoms with Gasteiger partial charge in [-0.1, -0.05) is 5.16 Å². The van der Waals surface area contributed by atoms with Crippen molar-refractivity contribution in [2.24, 2.45) is 0 Å². The first kappa shape index (κ1) is 10.6. The van der Waals surface area contributed by atoms with E-state index in [1.165, 1.54) is 6.07 Å². The Balaban J connectivity index is 2.13. The topological polar surface area (TPSA) is 81.8 Å². The van der Waals surface area contributed by atoms with Crippen molar-refractivity contribution in [3.63, 3.8) is 0 Å². The van der Waals surface area contributed by atoms with E-state index in [0.29, 0.717) is 22.8 Å². The third kappa shape index (κ3) is 1.58. The molecule has 0 aliphatic carbocycles. The molecule has 0 atom stereocenters. The van der Waals surface area contributed by atoms with Gasteiger partial charge < -0.3 is 19.1 Å². The zero-order valence-electron chi connectivity index (χ0n) is 9.47. The van der Waals surface area contributed by atoms with Crippen molar-refractivity contribution in [3.8, 4) is 22.8 Å². The number of ether oxygens (including phenoxy) is 2. The van der Waals surface area contributed by atoms with Gasteiger partial charge in [-0.2, -0.15) is 0 Å². The first-order valence-corrected chi connectivity index (χ1v) is 5.26. The number of aromatic nitrogens is 1. The fourth-order valence-electron chi connectivity index (χ4n) is 1.84. The van der Waals surface area contributed by atoms with Crippen LogP contribution in [0.15, 0.2) is 22.7 Å². The summed E-state index contributed by atoms with van der Waals surface area (Å²) in [6.07, 6.45) is 0. The number of hydrogen-bond acceptors (Lipinski definition) is 5. The molecular formula is C12H9NO5. The summed E-state index contributed by atoms with van der Waals surface area (Å²) in [6, 6.07) is 5.06. The SMILES string of the molecule is Cc1cc2c(c(-c3cc(C(=O)O)on3)c1)OCO2. The molecule has 0 bridgehead atoms. The monoisotopic (exact) mass is 247 g/mol. The van der Waals surface area contributed by atoms with Crippen LogP contribution in [-0.4, -0.2) is 23.0 Å². The van der Waals surface area contributed by atoms with E-state index in [9.17, 15) is 4.79 Å². The summed E-state index contributed by atoms with van der Waals surface area (Å²) in [7, 11) is 0. The molecule has 2 aromatic rings. The largest absolute Gasteiger partial charge is 0.475 e.